The lowest BCUT2D eigenvalue weighted by Gasteiger charge is -2.10. The van der Waals surface area contributed by atoms with E-state index < -0.39 is 7.75 Å². The Kier molecular flexibility index (Phi) is 2.49. The number of hydrogen-bond donors (Lipinski definition) is 2. The summed E-state index contributed by atoms with van der Waals surface area (Å²) in [5.74, 6) is 0.321. The molecule has 0 saturated heterocycles. The molecule has 2 rings (SSSR count). The lowest BCUT2D eigenvalue weighted by Crippen LogP contribution is -2.00. The van der Waals surface area contributed by atoms with Crippen molar-refractivity contribution < 1.29 is 14.0 Å². The molecule has 0 aromatic heterocycles. The van der Waals surface area contributed by atoms with E-state index in [4.69, 9.17) is 14.9 Å². The molecule has 0 aliphatic carbocycles. The number of fused-ring (bicyclic) bond motifs is 1. The Labute approximate surface area is 86.9 Å². The Morgan fingerprint density at radius 1 is 1.13 bits per heavy atom. The predicted octanol–water partition coefficient (Wildman–Crippen LogP) is 2.28. The molecule has 0 saturated carbocycles. The van der Waals surface area contributed by atoms with Gasteiger partial charge in [0.25, 0.3) is 0 Å². The molecule has 1 atom stereocenters. The van der Waals surface area contributed by atoms with Crippen molar-refractivity contribution in [3.8, 4) is 5.75 Å². The van der Waals surface area contributed by atoms with Crippen LogP contribution < -0.4 is 10.0 Å². The SMILES string of the molecule is NP(=O)(O)Oc1cccc2ccccc12. The molecular weight excluding hydrogens is 213 g/mol. The Bertz CT molecular complexity index is 530. The molecule has 0 fully saturated rings. The molecule has 0 radical (unpaired) electrons. The summed E-state index contributed by atoms with van der Waals surface area (Å²) < 4.78 is 15.7. The Balaban J connectivity index is 2.56. The van der Waals surface area contributed by atoms with Gasteiger partial charge in [-0.2, -0.15) is 0 Å². The molecule has 15 heavy (non-hydrogen) atoms. The van der Waals surface area contributed by atoms with Crippen molar-refractivity contribution in [1.82, 2.24) is 0 Å². The van der Waals surface area contributed by atoms with Gasteiger partial charge in [0.15, 0.2) is 0 Å². The zero-order valence-electron chi connectivity index (χ0n) is 7.83. The first kappa shape index (κ1) is 10.2. The molecule has 0 aliphatic rings. The third-order valence-corrected chi connectivity index (χ3v) is 2.44. The van der Waals surface area contributed by atoms with E-state index in [9.17, 15) is 4.57 Å². The van der Waals surface area contributed by atoms with Crippen LogP contribution in [0.3, 0.4) is 0 Å². The maximum absolute atomic E-state index is 10.9. The van der Waals surface area contributed by atoms with Crippen LogP contribution in [0.15, 0.2) is 42.5 Å². The van der Waals surface area contributed by atoms with E-state index in [1.54, 1.807) is 18.2 Å². The van der Waals surface area contributed by atoms with E-state index in [0.717, 1.165) is 10.8 Å². The van der Waals surface area contributed by atoms with Gasteiger partial charge in [-0.3, -0.25) is 0 Å². The Morgan fingerprint density at radius 2 is 1.80 bits per heavy atom. The molecule has 0 heterocycles. The van der Waals surface area contributed by atoms with E-state index >= 15 is 0 Å². The molecule has 0 aliphatic heterocycles. The fourth-order valence-electron chi connectivity index (χ4n) is 1.42. The summed E-state index contributed by atoms with van der Waals surface area (Å²) >= 11 is 0. The summed E-state index contributed by atoms with van der Waals surface area (Å²) in [6.07, 6.45) is 0. The average Bonchev–Trinajstić information content (AvgIpc) is 2.16. The first-order valence-electron chi connectivity index (χ1n) is 4.35. The second kappa shape index (κ2) is 3.66. The van der Waals surface area contributed by atoms with Crippen LogP contribution in [0.25, 0.3) is 10.8 Å². The lowest BCUT2D eigenvalue weighted by atomic mass is 10.1. The van der Waals surface area contributed by atoms with Crippen molar-refractivity contribution in [3.05, 3.63) is 42.5 Å². The van der Waals surface area contributed by atoms with Gasteiger partial charge in [0, 0.05) is 5.39 Å². The van der Waals surface area contributed by atoms with Gasteiger partial charge in [-0.1, -0.05) is 36.4 Å². The van der Waals surface area contributed by atoms with E-state index in [2.05, 4.69) is 0 Å². The molecule has 2 aromatic carbocycles. The van der Waals surface area contributed by atoms with Gasteiger partial charge in [0.2, 0.25) is 0 Å². The standard InChI is InChI=1S/C10H10NO3P/c11-15(12,13)14-10-7-3-5-8-4-1-2-6-9(8)10/h1-7H,(H3,11,12,13). The summed E-state index contributed by atoms with van der Waals surface area (Å²) in [6.45, 7) is 0. The van der Waals surface area contributed by atoms with E-state index in [1.807, 2.05) is 24.3 Å². The smallest absolute Gasteiger partial charge is 0.413 e. The van der Waals surface area contributed by atoms with E-state index in [1.165, 1.54) is 0 Å². The highest BCUT2D eigenvalue weighted by Gasteiger charge is 2.14. The van der Waals surface area contributed by atoms with Crippen LogP contribution in [-0.2, 0) is 4.57 Å². The van der Waals surface area contributed by atoms with Crippen molar-refractivity contribution in [2.75, 3.05) is 0 Å². The molecule has 0 spiro atoms. The maximum atomic E-state index is 10.9. The van der Waals surface area contributed by atoms with Gasteiger partial charge < -0.3 is 9.42 Å². The number of hydrogen-bond acceptors (Lipinski definition) is 2. The first-order valence-corrected chi connectivity index (χ1v) is 6.00. The van der Waals surface area contributed by atoms with Crippen LogP contribution in [0.1, 0.15) is 0 Å². The lowest BCUT2D eigenvalue weighted by molar-refractivity contribution is 0.383. The highest BCUT2D eigenvalue weighted by molar-refractivity contribution is 7.50. The van der Waals surface area contributed by atoms with Gasteiger partial charge in [-0.15, -0.1) is 0 Å². The Morgan fingerprint density at radius 3 is 2.53 bits per heavy atom. The van der Waals surface area contributed by atoms with Crippen molar-refractivity contribution in [2.45, 2.75) is 0 Å². The fourth-order valence-corrected chi connectivity index (χ4v) is 1.86. The monoisotopic (exact) mass is 223 g/mol. The van der Waals surface area contributed by atoms with Crippen LogP contribution in [0.4, 0.5) is 0 Å². The van der Waals surface area contributed by atoms with Gasteiger partial charge >= 0.3 is 7.75 Å². The second-order valence-electron chi connectivity index (χ2n) is 3.13. The van der Waals surface area contributed by atoms with E-state index in [-0.39, 0.29) is 0 Å². The quantitative estimate of drug-likeness (QED) is 0.766. The van der Waals surface area contributed by atoms with Crippen LogP contribution in [-0.4, -0.2) is 4.89 Å². The normalized spacial score (nSPS) is 14.8. The van der Waals surface area contributed by atoms with Gasteiger partial charge in [0.1, 0.15) is 5.75 Å². The summed E-state index contributed by atoms with van der Waals surface area (Å²) in [5, 5.41) is 1.70. The topological polar surface area (TPSA) is 72.6 Å². The van der Waals surface area contributed by atoms with E-state index in [0.29, 0.717) is 5.75 Å². The fraction of sp³-hybridized carbons (Fsp3) is 0. The summed E-state index contributed by atoms with van der Waals surface area (Å²) in [7, 11) is -3.99. The minimum atomic E-state index is -3.99. The highest BCUT2D eigenvalue weighted by atomic mass is 31.2. The molecule has 0 amide bonds. The zero-order chi connectivity index (χ0) is 10.9. The second-order valence-corrected chi connectivity index (χ2v) is 4.44. The molecule has 78 valence electrons. The van der Waals surface area contributed by atoms with Crippen LogP contribution in [0, 0.1) is 0 Å². The van der Waals surface area contributed by atoms with Gasteiger partial charge in [0.05, 0.1) is 0 Å². The third kappa shape index (κ3) is 2.36. The highest BCUT2D eigenvalue weighted by Crippen LogP contribution is 2.37. The molecule has 4 nitrogen and oxygen atoms in total. The van der Waals surface area contributed by atoms with Crippen LogP contribution >= 0.6 is 7.75 Å². The number of rotatable bonds is 2. The number of benzene rings is 2. The average molecular weight is 223 g/mol. The van der Waals surface area contributed by atoms with Crippen molar-refractivity contribution >= 4 is 18.5 Å². The van der Waals surface area contributed by atoms with Crippen molar-refractivity contribution in [1.29, 1.82) is 0 Å². The summed E-state index contributed by atoms with van der Waals surface area (Å²) in [4.78, 5) is 8.94. The molecule has 1 unspecified atom stereocenters. The summed E-state index contributed by atoms with van der Waals surface area (Å²) in [6, 6.07) is 12.6. The van der Waals surface area contributed by atoms with Crippen molar-refractivity contribution in [3.63, 3.8) is 0 Å². The Hall–Kier alpha value is -1.35. The van der Waals surface area contributed by atoms with Crippen molar-refractivity contribution in [2.24, 2.45) is 5.50 Å². The minimum Gasteiger partial charge on any atom is -0.413 e. The minimum absolute atomic E-state index is 0.321. The predicted molar refractivity (Wildman–Crippen MR) is 58.6 cm³/mol. The third-order valence-electron chi connectivity index (χ3n) is 1.98. The molecule has 0 bridgehead atoms. The first-order chi connectivity index (χ1) is 7.06. The largest absolute Gasteiger partial charge is 0.453 e. The van der Waals surface area contributed by atoms with Crippen LogP contribution in [0.2, 0.25) is 0 Å². The summed E-state index contributed by atoms with van der Waals surface area (Å²) in [5.41, 5.74) is 4.95. The maximum Gasteiger partial charge on any atom is 0.453 e. The zero-order valence-corrected chi connectivity index (χ0v) is 8.72. The van der Waals surface area contributed by atoms with Crippen LogP contribution in [0.5, 0.6) is 5.75 Å². The van der Waals surface area contributed by atoms with Gasteiger partial charge in [-0.25, -0.2) is 10.1 Å². The number of nitrogens with two attached hydrogens (primary N) is 1. The molecule has 5 heteroatoms. The van der Waals surface area contributed by atoms with Gasteiger partial charge in [-0.05, 0) is 11.5 Å². The molecule has 2 aromatic rings. The molecular formula is C10H10NO3P. The molecule has 3 N–H and O–H groups in total.